The van der Waals surface area contributed by atoms with Gasteiger partial charge in [-0.2, -0.15) is 0 Å². The van der Waals surface area contributed by atoms with E-state index in [0.29, 0.717) is 0 Å². The highest BCUT2D eigenvalue weighted by Gasteiger charge is 1.98. The van der Waals surface area contributed by atoms with Gasteiger partial charge in [0.2, 0.25) is 0 Å². The highest BCUT2D eigenvalue weighted by atomic mass is 32.1. The van der Waals surface area contributed by atoms with E-state index < -0.39 is 0 Å². The molecule has 0 bridgehead atoms. The van der Waals surface area contributed by atoms with Crippen molar-refractivity contribution < 1.29 is 0 Å². The molecule has 2 rings (SSSR count). The van der Waals surface area contributed by atoms with Crippen LogP contribution < -0.4 is 5.32 Å². The lowest BCUT2D eigenvalue weighted by molar-refractivity contribution is 0.685. The van der Waals surface area contributed by atoms with Gasteiger partial charge in [0.25, 0.3) is 0 Å². The third kappa shape index (κ3) is 2.84. The van der Waals surface area contributed by atoms with Crippen LogP contribution in [0.4, 0.5) is 0 Å². The summed E-state index contributed by atoms with van der Waals surface area (Å²) in [6, 6.07) is 2.03. The lowest BCUT2D eigenvalue weighted by Crippen LogP contribution is -2.13. The van der Waals surface area contributed by atoms with Crippen molar-refractivity contribution in [1.82, 2.24) is 15.3 Å². The Hall–Kier alpha value is -1.26. The number of hydrogen-bond acceptors (Lipinski definition) is 4. The van der Waals surface area contributed by atoms with E-state index in [1.54, 1.807) is 11.3 Å². The van der Waals surface area contributed by atoms with Crippen molar-refractivity contribution >= 4 is 11.3 Å². The summed E-state index contributed by atoms with van der Waals surface area (Å²) >= 11 is 1.67. The summed E-state index contributed by atoms with van der Waals surface area (Å²) in [5, 5.41) is 6.47. The van der Waals surface area contributed by atoms with E-state index in [2.05, 4.69) is 22.2 Å². The van der Waals surface area contributed by atoms with E-state index >= 15 is 0 Å². The average Bonchev–Trinajstić information content (AvgIpc) is 2.74. The second-order valence-electron chi connectivity index (χ2n) is 3.33. The molecule has 0 aliphatic rings. The molecule has 0 aliphatic carbocycles. The number of rotatable bonds is 4. The first-order chi connectivity index (χ1) is 7.36. The van der Waals surface area contributed by atoms with E-state index in [1.807, 2.05) is 30.0 Å². The maximum absolute atomic E-state index is 4.21. The fourth-order valence-electron chi connectivity index (χ4n) is 1.33. The molecule has 0 atom stereocenters. The Kier molecular flexibility index (Phi) is 3.42. The fourth-order valence-corrected chi connectivity index (χ4v) is 1.91. The minimum Gasteiger partial charge on any atom is -0.306 e. The number of aromatic nitrogens is 2. The smallest absolute Gasteiger partial charge is 0.106 e. The van der Waals surface area contributed by atoms with Gasteiger partial charge in [0.05, 0.1) is 0 Å². The first-order valence-electron chi connectivity index (χ1n) is 4.85. The molecule has 2 aromatic heterocycles. The summed E-state index contributed by atoms with van der Waals surface area (Å²) in [4.78, 5) is 8.32. The molecular formula is C11H13N3S. The summed E-state index contributed by atoms with van der Waals surface area (Å²) in [6.07, 6.45) is 5.56. The van der Waals surface area contributed by atoms with E-state index in [0.717, 1.165) is 18.1 Å². The Balaban J connectivity index is 1.86. The average molecular weight is 219 g/mol. The lowest BCUT2D eigenvalue weighted by atomic mass is 10.2. The number of nitrogens with zero attached hydrogens (tertiary/aromatic N) is 2. The summed E-state index contributed by atoms with van der Waals surface area (Å²) in [5.74, 6) is 0. The Morgan fingerprint density at radius 1 is 1.33 bits per heavy atom. The molecule has 0 amide bonds. The summed E-state index contributed by atoms with van der Waals surface area (Å²) in [7, 11) is 0. The molecule has 0 aliphatic heterocycles. The van der Waals surface area contributed by atoms with Crippen molar-refractivity contribution in [1.29, 1.82) is 0 Å². The standard InChI is InChI=1S/C11H13N3S/c1-9-2-3-12-6-10(9)7-13-8-11-14-4-5-15-11/h2-6,13H,7-8H2,1H3. The lowest BCUT2D eigenvalue weighted by Gasteiger charge is -2.05. The summed E-state index contributed by atoms with van der Waals surface area (Å²) < 4.78 is 0. The van der Waals surface area contributed by atoms with Crippen molar-refractivity contribution in [2.45, 2.75) is 20.0 Å². The van der Waals surface area contributed by atoms with Gasteiger partial charge in [-0.15, -0.1) is 11.3 Å². The third-order valence-corrected chi connectivity index (χ3v) is 3.00. The molecule has 0 saturated heterocycles. The van der Waals surface area contributed by atoms with Gasteiger partial charge < -0.3 is 5.32 Å². The van der Waals surface area contributed by atoms with Crippen molar-refractivity contribution in [3.05, 3.63) is 46.2 Å². The predicted molar refractivity (Wildman–Crippen MR) is 61.6 cm³/mol. The molecule has 1 N–H and O–H groups in total. The number of aryl methyl sites for hydroxylation is 1. The highest BCUT2D eigenvalue weighted by molar-refractivity contribution is 7.09. The topological polar surface area (TPSA) is 37.8 Å². The molecule has 0 fully saturated rings. The molecule has 78 valence electrons. The van der Waals surface area contributed by atoms with Gasteiger partial charge >= 0.3 is 0 Å². The van der Waals surface area contributed by atoms with Gasteiger partial charge in [-0.1, -0.05) is 0 Å². The zero-order chi connectivity index (χ0) is 10.5. The molecule has 0 unspecified atom stereocenters. The van der Waals surface area contributed by atoms with Crippen LogP contribution in [-0.2, 0) is 13.1 Å². The third-order valence-electron chi connectivity index (χ3n) is 2.22. The Bertz CT molecular complexity index is 412. The summed E-state index contributed by atoms with van der Waals surface area (Å²) in [5.41, 5.74) is 2.52. The van der Waals surface area contributed by atoms with Gasteiger partial charge in [-0.3, -0.25) is 4.98 Å². The number of pyridine rings is 1. The van der Waals surface area contributed by atoms with Gasteiger partial charge in [0.15, 0.2) is 0 Å². The molecule has 0 aromatic carbocycles. The molecule has 0 radical (unpaired) electrons. The van der Waals surface area contributed by atoms with Crippen LogP contribution in [0.1, 0.15) is 16.1 Å². The molecule has 3 nitrogen and oxygen atoms in total. The number of nitrogens with one attached hydrogen (secondary N) is 1. The zero-order valence-electron chi connectivity index (χ0n) is 8.60. The van der Waals surface area contributed by atoms with E-state index in [9.17, 15) is 0 Å². The van der Waals surface area contributed by atoms with Crippen LogP contribution in [0.3, 0.4) is 0 Å². The SMILES string of the molecule is Cc1ccncc1CNCc1nccs1. The maximum atomic E-state index is 4.21. The number of thiazole rings is 1. The monoisotopic (exact) mass is 219 g/mol. The van der Waals surface area contributed by atoms with Crippen LogP contribution in [0.5, 0.6) is 0 Å². The second kappa shape index (κ2) is 5.00. The van der Waals surface area contributed by atoms with Crippen LogP contribution in [0.2, 0.25) is 0 Å². The van der Waals surface area contributed by atoms with E-state index in [4.69, 9.17) is 0 Å². The Morgan fingerprint density at radius 2 is 2.27 bits per heavy atom. The van der Waals surface area contributed by atoms with Gasteiger partial charge in [-0.25, -0.2) is 4.98 Å². The molecule has 4 heteroatoms. The predicted octanol–water partition coefficient (Wildman–Crippen LogP) is 2.14. The molecule has 2 heterocycles. The normalized spacial score (nSPS) is 10.5. The van der Waals surface area contributed by atoms with Crippen LogP contribution in [0, 0.1) is 6.92 Å². The molecule has 0 spiro atoms. The minimum atomic E-state index is 0.825. The van der Waals surface area contributed by atoms with Crippen molar-refractivity contribution in [3.63, 3.8) is 0 Å². The van der Waals surface area contributed by atoms with Crippen molar-refractivity contribution in [2.24, 2.45) is 0 Å². The molecule has 15 heavy (non-hydrogen) atoms. The minimum absolute atomic E-state index is 0.825. The summed E-state index contributed by atoms with van der Waals surface area (Å²) in [6.45, 7) is 3.77. The van der Waals surface area contributed by atoms with Gasteiger partial charge in [-0.05, 0) is 24.1 Å². The quantitative estimate of drug-likeness (QED) is 0.856. The van der Waals surface area contributed by atoms with Crippen LogP contribution in [-0.4, -0.2) is 9.97 Å². The Labute approximate surface area is 93.2 Å². The molecular weight excluding hydrogens is 206 g/mol. The van der Waals surface area contributed by atoms with Gasteiger partial charge in [0.1, 0.15) is 5.01 Å². The Morgan fingerprint density at radius 3 is 3.00 bits per heavy atom. The van der Waals surface area contributed by atoms with E-state index in [1.165, 1.54) is 11.1 Å². The van der Waals surface area contributed by atoms with Crippen LogP contribution >= 0.6 is 11.3 Å². The van der Waals surface area contributed by atoms with Crippen LogP contribution in [0.15, 0.2) is 30.0 Å². The largest absolute Gasteiger partial charge is 0.306 e. The number of hydrogen-bond donors (Lipinski definition) is 1. The van der Waals surface area contributed by atoms with Crippen LogP contribution in [0.25, 0.3) is 0 Å². The van der Waals surface area contributed by atoms with Crippen molar-refractivity contribution in [3.8, 4) is 0 Å². The second-order valence-corrected chi connectivity index (χ2v) is 4.31. The first kappa shape index (κ1) is 10.3. The zero-order valence-corrected chi connectivity index (χ0v) is 9.42. The first-order valence-corrected chi connectivity index (χ1v) is 5.73. The van der Waals surface area contributed by atoms with E-state index in [-0.39, 0.29) is 0 Å². The maximum Gasteiger partial charge on any atom is 0.106 e. The molecule has 0 saturated carbocycles. The fraction of sp³-hybridized carbons (Fsp3) is 0.273. The van der Waals surface area contributed by atoms with Crippen molar-refractivity contribution in [2.75, 3.05) is 0 Å². The highest BCUT2D eigenvalue weighted by Crippen LogP contribution is 2.06. The molecule has 2 aromatic rings. The van der Waals surface area contributed by atoms with Gasteiger partial charge in [0, 0.05) is 37.1 Å².